The van der Waals surface area contributed by atoms with Crippen molar-refractivity contribution in [2.75, 3.05) is 5.32 Å². The molecular formula is C14H10F3NO2S. The van der Waals surface area contributed by atoms with Crippen molar-refractivity contribution in [1.82, 2.24) is 0 Å². The molecule has 0 fully saturated rings. The Morgan fingerprint density at radius 2 is 1.67 bits per heavy atom. The Balaban J connectivity index is 2.08. The third-order valence-corrected chi connectivity index (χ3v) is 3.24. The molecule has 2 aromatic rings. The molecule has 0 saturated carbocycles. The van der Waals surface area contributed by atoms with Crippen LogP contribution < -0.4 is 5.32 Å². The summed E-state index contributed by atoms with van der Waals surface area (Å²) in [7, 11) is 0. The van der Waals surface area contributed by atoms with Gasteiger partial charge < -0.3 is 10.4 Å². The number of thioether (sulfide) groups is 1. The van der Waals surface area contributed by atoms with E-state index in [1.54, 1.807) is 12.1 Å². The van der Waals surface area contributed by atoms with Gasteiger partial charge in [-0.15, -0.1) is 0 Å². The number of nitrogens with one attached hydrogen (secondary N) is 1. The normalized spacial score (nSPS) is 11.2. The first kappa shape index (κ1) is 15.2. The fraction of sp³-hybridized carbons (Fsp3) is 0.0714. The van der Waals surface area contributed by atoms with E-state index in [-0.39, 0.29) is 33.7 Å². The SMILES string of the molecule is O=C(Nc1ccccc1O)c1ccc(SC(F)(F)F)cc1. The molecule has 21 heavy (non-hydrogen) atoms. The Hall–Kier alpha value is -2.15. The summed E-state index contributed by atoms with van der Waals surface area (Å²) in [6.07, 6.45) is 0. The molecule has 0 spiro atoms. The van der Waals surface area contributed by atoms with Crippen molar-refractivity contribution >= 4 is 23.4 Å². The van der Waals surface area contributed by atoms with Crippen molar-refractivity contribution in [3.63, 3.8) is 0 Å². The summed E-state index contributed by atoms with van der Waals surface area (Å²) in [6, 6.07) is 11.2. The predicted molar refractivity (Wildman–Crippen MR) is 74.4 cm³/mol. The van der Waals surface area contributed by atoms with Crippen LogP contribution in [-0.2, 0) is 0 Å². The van der Waals surface area contributed by atoms with Crippen molar-refractivity contribution in [3.8, 4) is 5.75 Å². The van der Waals surface area contributed by atoms with Crippen LogP contribution in [0.1, 0.15) is 10.4 Å². The molecule has 0 unspecified atom stereocenters. The molecule has 2 N–H and O–H groups in total. The number of phenols is 1. The monoisotopic (exact) mass is 313 g/mol. The standard InChI is InChI=1S/C14H10F3NO2S/c15-14(16,17)21-10-7-5-9(6-8-10)13(20)18-11-3-1-2-4-12(11)19/h1-8,19H,(H,18,20). The van der Waals surface area contributed by atoms with Crippen LogP contribution in [0.4, 0.5) is 18.9 Å². The molecule has 0 saturated heterocycles. The molecule has 0 aliphatic heterocycles. The third kappa shape index (κ3) is 4.42. The minimum Gasteiger partial charge on any atom is -0.506 e. The summed E-state index contributed by atoms with van der Waals surface area (Å²) >= 11 is -0.244. The van der Waals surface area contributed by atoms with E-state index in [4.69, 9.17) is 0 Å². The van der Waals surface area contributed by atoms with Gasteiger partial charge in [0.05, 0.1) is 5.69 Å². The number of benzene rings is 2. The summed E-state index contributed by atoms with van der Waals surface area (Å²) in [6.45, 7) is 0. The zero-order valence-corrected chi connectivity index (χ0v) is 11.3. The number of halogens is 3. The highest BCUT2D eigenvalue weighted by Gasteiger charge is 2.29. The van der Waals surface area contributed by atoms with Gasteiger partial charge in [-0.25, -0.2) is 0 Å². The second-order valence-corrected chi connectivity index (χ2v) is 5.18. The molecule has 3 nitrogen and oxygen atoms in total. The number of amides is 1. The molecule has 0 aliphatic carbocycles. The van der Waals surface area contributed by atoms with E-state index in [0.29, 0.717) is 0 Å². The van der Waals surface area contributed by atoms with Crippen LogP contribution in [-0.4, -0.2) is 16.5 Å². The Bertz CT molecular complexity index is 641. The van der Waals surface area contributed by atoms with E-state index in [9.17, 15) is 23.1 Å². The van der Waals surface area contributed by atoms with E-state index in [2.05, 4.69) is 5.32 Å². The molecule has 0 aliphatic rings. The predicted octanol–water partition coefficient (Wildman–Crippen LogP) is 4.26. The van der Waals surface area contributed by atoms with Crippen LogP contribution in [0, 0.1) is 0 Å². The second kappa shape index (κ2) is 6.09. The molecule has 0 heterocycles. The van der Waals surface area contributed by atoms with Gasteiger partial charge in [-0.05, 0) is 48.2 Å². The molecule has 0 bridgehead atoms. The highest BCUT2D eigenvalue weighted by Crippen LogP contribution is 2.36. The van der Waals surface area contributed by atoms with Gasteiger partial charge in [0.1, 0.15) is 5.75 Å². The number of anilines is 1. The first-order valence-corrected chi connectivity index (χ1v) is 6.62. The van der Waals surface area contributed by atoms with Crippen molar-refractivity contribution in [3.05, 3.63) is 54.1 Å². The molecule has 0 atom stereocenters. The molecule has 2 aromatic carbocycles. The summed E-state index contributed by atoms with van der Waals surface area (Å²) < 4.78 is 36.6. The maximum atomic E-state index is 12.2. The fourth-order valence-electron chi connectivity index (χ4n) is 1.58. The maximum absolute atomic E-state index is 12.2. The van der Waals surface area contributed by atoms with E-state index in [0.717, 1.165) is 0 Å². The van der Waals surface area contributed by atoms with Crippen LogP contribution in [0.5, 0.6) is 5.75 Å². The van der Waals surface area contributed by atoms with E-state index < -0.39 is 11.4 Å². The number of phenolic OH excluding ortho intramolecular Hbond substituents is 1. The number of hydrogen-bond acceptors (Lipinski definition) is 3. The van der Waals surface area contributed by atoms with Gasteiger partial charge in [0.15, 0.2) is 0 Å². The number of carbonyl (C=O) groups is 1. The van der Waals surface area contributed by atoms with Gasteiger partial charge >= 0.3 is 5.51 Å². The van der Waals surface area contributed by atoms with Gasteiger partial charge in [0.25, 0.3) is 5.91 Å². The lowest BCUT2D eigenvalue weighted by molar-refractivity contribution is -0.0328. The Morgan fingerprint density at radius 1 is 1.05 bits per heavy atom. The minimum absolute atomic E-state index is 0.00149. The third-order valence-electron chi connectivity index (χ3n) is 2.50. The second-order valence-electron chi connectivity index (χ2n) is 4.04. The first-order valence-electron chi connectivity index (χ1n) is 5.80. The summed E-state index contributed by atoms with van der Waals surface area (Å²) in [5.74, 6) is -0.602. The maximum Gasteiger partial charge on any atom is 0.446 e. The molecular weight excluding hydrogens is 303 g/mol. The van der Waals surface area contributed by atoms with E-state index in [1.807, 2.05) is 0 Å². The lowest BCUT2D eigenvalue weighted by Gasteiger charge is -2.08. The van der Waals surface area contributed by atoms with Gasteiger partial charge in [0, 0.05) is 10.5 Å². The van der Waals surface area contributed by atoms with Crippen LogP contribution >= 0.6 is 11.8 Å². The van der Waals surface area contributed by atoms with Gasteiger partial charge in [-0.3, -0.25) is 4.79 Å². The molecule has 0 radical (unpaired) electrons. The number of aromatic hydroxyl groups is 1. The van der Waals surface area contributed by atoms with Gasteiger partial charge in [0.2, 0.25) is 0 Å². The summed E-state index contributed by atoms with van der Waals surface area (Å²) in [5.41, 5.74) is -3.93. The Labute approximate surface area is 122 Å². The highest BCUT2D eigenvalue weighted by atomic mass is 32.2. The number of rotatable bonds is 3. The fourth-order valence-corrected chi connectivity index (χ4v) is 2.12. The molecule has 2 rings (SSSR count). The topological polar surface area (TPSA) is 49.3 Å². The van der Waals surface area contributed by atoms with Crippen molar-refractivity contribution in [2.24, 2.45) is 0 Å². The molecule has 0 aromatic heterocycles. The van der Waals surface area contributed by atoms with Crippen LogP contribution in [0.15, 0.2) is 53.4 Å². The minimum atomic E-state index is -4.36. The molecule has 7 heteroatoms. The van der Waals surface area contributed by atoms with Crippen molar-refractivity contribution in [1.29, 1.82) is 0 Å². The lowest BCUT2D eigenvalue weighted by Crippen LogP contribution is -2.11. The highest BCUT2D eigenvalue weighted by molar-refractivity contribution is 8.00. The average molecular weight is 313 g/mol. The van der Waals surface area contributed by atoms with Gasteiger partial charge in [-0.1, -0.05) is 12.1 Å². The molecule has 110 valence electrons. The van der Waals surface area contributed by atoms with Crippen molar-refractivity contribution in [2.45, 2.75) is 10.4 Å². The lowest BCUT2D eigenvalue weighted by atomic mass is 10.2. The summed E-state index contributed by atoms with van der Waals surface area (Å²) in [4.78, 5) is 11.9. The zero-order chi connectivity index (χ0) is 15.5. The summed E-state index contributed by atoms with van der Waals surface area (Å²) in [5, 5.41) is 12.0. The van der Waals surface area contributed by atoms with Crippen LogP contribution in [0.25, 0.3) is 0 Å². The Kier molecular flexibility index (Phi) is 4.42. The average Bonchev–Trinajstić information content (AvgIpc) is 2.40. The van der Waals surface area contributed by atoms with Crippen molar-refractivity contribution < 1.29 is 23.1 Å². The van der Waals surface area contributed by atoms with E-state index >= 15 is 0 Å². The molecule has 1 amide bonds. The number of carbonyl (C=O) groups excluding carboxylic acids is 1. The number of hydrogen-bond donors (Lipinski definition) is 2. The first-order chi connectivity index (χ1) is 9.85. The zero-order valence-electron chi connectivity index (χ0n) is 10.5. The smallest absolute Gasteiger partial charge is 0.446 e. The van der Waals surface area contributed by atoms with Crippen LogP contribution in [0.3, 0.4) is 0 Å². The van der Waals surface area contributed by atoms with Gasteiger partial charge in [-0.2, -0.15) is 13.2 Å². The van der Waals surface area contributed by atoms with E-state index in [1.165, 1.54) is 36.4 Å². The number of para-hydroxylation sites is 2. The Morgan fingerprint density at radius 3 is 2.24 bits per heavy atom. The number of alkyl halides is 3. The quantitative estimate of drug-likeness (QED) is 0.657. The largest absolute Gasteiger partial charge is 0.506 e. The van der Waals surface area contributed by atoms with Crippen LogP contribution in [0.2, 0.25) is 0 Å².